The lowest BCUT2D eigenvalue weighted by atomic mass is 10.1. The van der Waals surface area contributed by atoms with E-state index in [0.717, 1.165) is 15.6 Å². The molecule has 0 fully saturated rings. The molecule has 0 radical (unpaired) electrons. The minimum atomic E-state index is -0.482. The molecule has 0 spiro atoms. The van der Waals surface area contributed by atoms with Crippen LogP contribution in [0.4, 0.5) is 0 Å². The van der Waals surface area contributed by atoms with Crippen LogP contribution in [-0.2, 0) is 9.53 Å². The monoisotopic (exact) mass is 283 g/mol. The van der Waals surface area contributed by atoms with Crippen LogP contribution in [0.2, 0.25) is 0 Å². The van der Waals surface area contributed by atoms with Gasteiger partial charge in [0.05, 0.1) is 6.61 Å². The Hall–Kier alpha value is -1.29. The van der Waals surface area contributed by atoms with Crippen LogP contribution in [0.1, 0.15) is 18.1 Å². The van der Waals surface area contributed by atoms with E-state index in [-0.39, 0.29) is 5.70 Å². The predicted molar refractivity (Wildman–Crippen MR) is 67.7 cm³/mol. The third-order valence-electron chi connectivity index (χ3n) is 2.05. The Labute approximate surface area is 103 Å². The zero-order valence-corrected chi connectivity index (χ0v) is 10.9. The summed E-state index contributed by atoms with van der Waals surface area (Å²) in [5.74, 6) is -0.482. The van der Waals surface area contributed by atoms with Crippen LogP contribution in [0.15, 0.2) is 28.4 Å². The first-order valence-corrected chi connectivity index (χ1v) is 5.74. The maximum Gasteiger partial charge on any atom is 0.354 e. The summed E-state index contributed by atoms with van der Waals surface area (Å²) in [6.45, 7) is 4.03. The fraction of sp³-hybridized carbons (Fsp3) is 0.250. The largest absolute Gasteiger partial charge is 0.461 e. The zero-order chi connectivity index (χ0) is 12.1. The molecule has 16 heavy (non-hydrogen) atoms. The average molecular weight is 284 g/mol. The van der Waals surface area contributed by atoms with Gasteiger partial charge in [0.1, 0.15) is 5.70 Å². The van der Waals surface area contributed by atoms with Gasteiger partial charge in [0.15, 0.2) is 0 Å². The highest BCUT2D eigenvalue weighted by Crippen LogP contribution is 2.17. The van der Waals surface area contributed by atoms with Crippen molar-refractivity contribution in [2.45, 2.75) is 13.8 Å². The van der Waals surface area contributed by atoms with Gasteiger partial charge in [-0.15, -0.1) is 0 Å². The highest BCUT2D eigenvalue weighted by atomic mass is 79.9. The van der Waals surface area contributed by atoms with Crippen LogP contribution in [0.3, 0.4) is 0 Å². The molecule has 0 saturated carbocycles. The van der Waals surface area contributed by atoms with Gasteiger partial charge in [0.25, 0.3) is 0 Å². The fourth-order valence-electron chi connectivity index (χ4n) is 1.24. The standard InChI is InChI=1S/C12H14BrNO2/c1-3-16-12(15)11(14)7-9-4-5-10(13)6-8(9)2/h4-7H,3,14H2,1-2H3/b11-7-. The van der Waals surface area contributed by atoms with Crippen LogP contribution in [0.5, 0.6) is 0 Å². The summed E-state index contributed by atoms with van der Waals surface area (Å²) >= 11 is 3.37. The van der Waals surface area contributed by atoms with Crippen molar-refractivity contribution in [3.8, 4) is 0 Å². The number of nitrogens with two attached hydrogens (primary N) is 1. The van der Waals surface area contributed by atoms with Crippen molar-refractivity contribution >= 4 is 28.0 Å². The maximum atomic E-state index is 11.3. The molecule has 2 N–H and O–H groups in total. The molecule has 4 heteroatoms. The van der Waals surface area contributed by atoms with E-state index in [2.05, 4.69) is 15.9 Å². The molecule has 1 aromatic rings. The van der Waals surface area contributed by atoms with E-state index >= 15 is 0 Å². The number of aryl methyl sites for hydroxylation is 1. The highest BCUT2D eigenvalue weighted by Gasteiger charge is 2.06. The number of halogens is 1. The van der Waals surface area contributed by atoms with Gasteiger partial charge in [0, 0.05) is 4.47 Å². The number of carbonyl (C=O) groups excluding carboxylic acids is 1. The quantitative estimate of drug-likeness (QED) is 0.685. The van der Waals surface area contributed by atoms with E-state index in [4.69, 9.17) is 10.5 Å². The molecular weight excluding hydrogens is 270 g/mol. The molecule has 3 nitrogen and oxygen atoms in total. The molecule has 0 amide bonds. The van der Waals surface area contributed by atoms with Gasteiger partial charge in [0.2, 0.25) is 0 Å². The van der Waals surface area contributed by atoms with E-state index in [1.165, 1.54) is 0 Å². The van der Waals surface area contributed by atoms with Gasteiger partial charge in [-0.2, -0.15) is 0 Å². The third-order valence-corrected chi connectivity index (χ3v) is 2.55. The van der Waals surface area contributed by atoms with Crippen molar-refractivity contribution in [3.63, 3.8) is 0 Å². The Bertz CT molecular complexity index is 427. The van der Waals surface area contributed by atoms with E-state index in [1.54, 1.807) is 13.0 Å². The Kier molecular flexibility index (Phi) is 4.55. The van der Waals surface area contributed by atoms with Crippen LogP contribution < -0.4 is 5.73 Å². The Balaban J connectivity index is 2.94. The number of carbonyl (C=O) groups is 1. The van der Waals surface area contributed by atoms with Gasteiger partial charge in [-0.05, 0) is 43.2 Å². The summed E-state index contributed by atoms with van der Waals surface area (Å²) in [6.07, 6.45) is 1.62. The number of esters is 1. The molecule has 0 unspecified atom stereocenters. The molecule has 0 aliphatic carbocycles. The van der Waals surface area contributed by atoms with Crippen LogP contribution >= 0.6 is 15.9 Å². The predicted octanol–water partition coefficient (Wildman–Crippen LogP) is 2.62. The first kappa shape index (κ1) is 12.8. The topological polar surface area (TPSA) is 52.3 Å². The summed E-state index contributed by atoms with van der Waals surface area (Å²) < 4.78 is 5.80. The summed E-state index contributed by atoms with van der Waals surface area (Å²) in [5, 5.41) is 0. The molecule has 0 aliphatic rings. The van der Waals surface area contributed by atoms with E-state index in [1.807, 2.05) is 25.1 Å². The third kappa shape index (κ3) is 3.38. The van der Waals surface area contributed by atoms with Crippen molar-refractivity contribution in [1.82, 2.24) is 0 Å². The van der Waals surface area contributed by atoms with Crippen molar-refractivity contribution < 1.29 is 9.53 Å². The normalized spacial score (nSPS) is 11.3. The van der Waals surface area contributed by atoms with Crippen LogP contribution in [0.25, 0.3) is 6.08 Å². The van der Waals surface area contributed by atoms with Crippen LogP contribution in [0, 0.1) is 6.92 Å². The smallest absolute Gasteiger partial charge is 0.354 e. The second-order valence-electron chi connectivity index (χ2n) is 3.32. The van der Waals surface area contributed by atoms with E-state index in [9.17, 15) is 4.79 Å². The molecule has 0 bridgehead atoms. The lowest BCUT2D eigenvalue weighted by molar-refractivity contribution is -0.138. The molecule has 0 atom stereocenters. The molecule has 1 rings (SSSR count). The van der Waals surface area contributed by atoms with Gasteiger partial charge in [-0.3, -0.25) is 0 Å². The first-order chi connectivity index (χ1) is 7.54. The number of rotatable bonds is 3. The second kappa shape index (κ2) is 5.70. The average Bonchev–Trinajstić information content (AvgIpc) is 2.22. The fourth-order valence-corrected chi connectivity index (χ4v) is 1.72. The molecule has 0 saturated heterocycles. The number of hydrogen-bond donors (Lipinski definition) is 1. The summed E-state index contributed by atoms with van der Waals surface area (Å²) in [5.41, 5.74) is 7.69. The van der Waals surface area contributed by atoms with Crippen molar-refractivity contribution in [1.29, 1.82) is 0 Å². The molecule has 0 heterocycles. The number of ether oxygens (including phenoxy) is 1. The molecule has 1 aromatic carbocycles. The highest BCUT2D eigenvalue weighted by molar-refractivity contribution is 9.10. The van der Waals surface area contributed by atoms with E-state index in [0.29, 0.717) is 6.61 Å². The van der Waals surface area contributed by atoms with Gasteiger partial charge < -0.3 is 10.5 Å². The summed E-state index contributed by atoms with van der Waals surface area (Å²) in [4.78, 5) is 11.3. The summed E-state index contributed by atoms with van der Waals surface area (Å²) in [7, 11) is 0. The Morgan fingerprint density at radius 1 is 1.56 bits per heavy atom. The lowest BCUT2D eigenvalue weighted by Crippen LogP contribution is -2.14. The van der Waals surface area contributed by atoms with Crippen molar-refractivity contribution in [3.05, 3.63) is 39.5 Å². The molecule has 86 valence electrons. The minimum Gasteiger partial charge on any atom is -0.461 e. The minimum absolute atomic E-state index is 0.118. The van der Waals surface area contributed by atoms with Gasteiger partial charge in [-0.25, -0.2) is 4.79 Å². The van der Waals surface area contributed by atoms with E-state index < -0.39 is 5.97 Å². The number of benzene rings is 1. The van der Waals surface area contributed by atoms with Crippen LogP contribution in [-0.4, -0.2) is 12.6 Å². The SMILES string of the molecule is CCOC(=O)/C(N)=C/c1ccc(Br)cc1C. The first-order valence-electron chi connectivity index (χ1n) is 4.95. The molecule has 0 aromatic heterocycles. The summed E-state index contributed by atoms with van der Waals surface area (Å²) in [6, 6.07) is 5.76. The second-order valence-corrected chi connectivity index (χ2v) is 4.24. The maximum absolute atomic E-state index is 11.3. The molecule has 0 aliphatic heterocycles. The van der Waals surface area contributed by atoms with Crippen molar-refractivity contribution in [2.75, 3.05) is 6.61 Å². The number of hydrogen-bond acceptors (Lipinski definition) is 3. The Morgan fingerprint density at radius 2 is 2.25 bits per heavy atom. The van der Waals surface area contributed by atoms with Gasteiger partial charge >= 0.3 is 5.97 Å². The zero-order valence-electron chi connectivity index (χ0n) is 9.29. The van der Waals surface area contributed by atoms with Crippen molar-refractivity contribution in [2.24, 2.45) is 5.73 Å². The van der Waals surface area contributed by atoms with Gasteiger partial charge in [-0.1, -0.05) is 22.0 Å². The molecular formula is C12H14BrNO2. The Morgan fingerprint density at radius 3 is 2.81 bits per heavy atom. The lowest BCUT2D eigenvalue weighted by Gasteiger charge is -2.04.